The Labute approximate surface area is 176 Å². The highest BCUT2D eigenvalue weighted by atomic mass is 16.5. The lowest BCUT2D eigenvalue weighted by Crippen LogP contribution is -2.38. The molecule has 0 saturated carbocycles. The third-order valence-electron chi connectivity index (χ3n) is 5.22. The van der Waals surface area contributed by atoms with Gasteiger partial charge in [-0.1, -0.05) is 36.4 Å². The van der Waals surface area contributed by atoms with Crippen LogP contribution in [0.5, 0.6) is 5.75 Å². The number of rotatable bonds is 1. The van der Waals surface area contributed by atoms with Crippen molar-refractivity contribution in [1.82, 2.24) is 10.3 Å². The van der Waals surface area contributed by atoms with E-state index >= 15 is 0 Å². The molecule has 5 nitrogen and oxygen atoms in total. The minimum atomic E-state index is -0.605. The predicted molar refractivity (Wildman–Crippen MR) is 116 cm³/mol. The van der Waals surface area contributed by atoms with Gasteiger partial charge in [-0.05, 0) is 61.1 Å². The predicted octanol–water partition coefficient (Wildman–Crippen LogP) is 4.00. The van der Waals surface area contributed by atoms with Crippen molar-refractivity contribution >= 4 is 12.2 Å². The second kappa shape index (κ2) is 9.35. The lowest BCUT2D eigenvalue weighted by molar-refractivity contribution is -0.109. The van der Waals surface area contributed by atoms with E-state index in [1.165, 1.54) is 5.56 Å². The molecule has 1 N–H and O–H groups in total. The third-order valence-corrected chi connectivity index (χ3v) is 5.22. The number of hydrogen-bond acceptors (Lipinski definition) is 4. The quantitative estimate of drug-likeness (QED) is 0.627. The van der Waals surface area contributed by atoms with E-state index in [0.717, 1.165) is 42.4 Å². The van der Waals surface area contributed by atoms with Crippen molar-refractivity contribution in [3.8, 4) is 17.0 Å². The lowest BCUT2D eigenvalue weighted by Gasteiger charge is -2.15. The van der Waals surface area contributed by atoms with Gasteiger partial charge in [0.25, 0.3) is 5.91 Å². The van der Waals surface area contributed by atoms with E-state index < -0.39 is 6.04 Å². The molecule has 0 spiro atoms. The van der Waals surface area contributed by atoms with E-state index in [9.17, 15) is 9.59 Å². The fourth-order valence-electron chi connectivity index (χ4n) is 3.72. The van der Waals surface area contributed by atoms with Gasteiger partial charge in [0.15, 0.2) is 0 Å². The number of carbonyl (C=O) groups is 2. The smallest absolute Gasteiger partial charge is 0.254 e. The Hall–Kier alpha value is -3.47. The number of nitrogens with zero attached hydrogens (tertiary/aromatic N) is 1. The molecule has 1 amide bonds. The number of pyridine rings is 1. The van der Waals surface area contributed by atoms with E-state index in [2.05, 4.69) is 22.4 Å². The summed E-state index contributed by atoms with van der Waals surface area (Å²) in [5.41, 5.74) is 4.06. The highest BCUT2D eigenvalue weighted by molar-refractivity contribution is 6.01. The topological polar surface area (TPSA) is 68.3 Å². The molecule has 0 aliphatic carbocycles. The van der Waals surface area contributed by atoms with Crippen LogP contribution in [0.15, 0.2) is 66.9 Å². The molecule has 1 aliphatic heterocycles. The zero-order valence-electron chi connectivity index (χ0n) is 16.7. The molecule has 0 unspecified atom stereocenters. The van der Waals surface area contributed by atoms with Crippen LogP contribution in [0.3, 0.4) is 0 Å². The van der Waals surface area contributed by atoms with Gasteiger partial charge in [-0.3, -0.25) is 9.78 Å². The second-order valence-electron chi connectivity index (χ2n) is 7.47. The number of aryl methyl sites for hydroxylation is 1. The summed E-state index contributed by atoms with van der Waals surface area (Å²) in [6.45, 7) is 0.631. The molecule has 0 fully saturated rings. The largest absolute Gasteiger partial charge is 0.494 e. The monoisotopic (exact) mass is 400 g/mol. The highest BCUT2D eigenvalue weighted by Crippen LogP contribution is 2.25. The second-order valence-corrected chi connectivity index (χ2v) is 7.47. The van der Waals surface area contributed by atoms with Crippen LogP contribution >= 0.6 is 0 Å². The summed E-state index contributed by atoms with van der Waals surface area (Å²) in [7, 11) is 0. The molecular formula is C25H24N2O3. The maximum atomic E-state index is 13.0. The third kappa shape index (κ3) is 4.74. The van der Waals surface area contributed by atoms with Gasteiger partial charge in [-0.2, -0.15) is 0 Å². The number of nitrogens with one attached hydrogen (secondary N) is 1. The zero-order valence-corrected chi connectivity index (χ0v) is 16.7. The summed E-state index contributed by atoms with van der Waals surface area (Å²) in [5, 5.41) is 2.86. The van der Waals surface area contributed by atoms with Gasteiger partial charge < -0.3 is 14.8 Å². The number of benzene rings is 2. The van der Waals surface area contributed by atoms with Gasteiger partial charge in [0, 0.05) is 11.8 Å². The Bertz CT molecular complexity index is 1050. The van der Waals surface area contributed by atoms with E-state index in [0.29, 0.717) is 24.3 Å². The lowest BCUT2D eigenvalue weighted by atomic mass is 10.0. The summed E-state index contributed by atoms with van der Waals surface area (Å²) < 4.78 is 5.93. The first kappa shape index (κ1) is 19.8. The minimum absolute atomic E-state index is 0.318. The molecule has 1 aliphatic rings. The van der Waals surface area contributed by atoms with Crippen LogP contribution in [0.2, 0.25) is 0 Å². The highest BCUT2D eigenvalue weighted by Gasteiger charge is 2.18. The van der Waals surface area contributed by atoms with E-state index in [1.54, 1.807) is 18.3 Å². The average Bonchev–Trinajstić information content (AvgIpc) is 2.78. The summed E-state index contributed by atoms with van der Waals surface area (Å²) in [6.07, 6.45) is 5.82. The summed E-state index contributed by atoms with van der Waals surface area (Å²) >= 11 is 0. The Morgan fingerprint density at radius 2 is 1.87 bits per heavy atom. The van der Waals surface area contributed by atoms with Gasteiger partial charge in [-0.25, -0.2) is 0 Å². The molecule has 3 aromatic rings. The Kier molecular flexibility index (Phi) is 6.18. The molecule has 0 saturated heterocycles. The van der Waals surface area contributed by atoms with Crippen LogP contribution in [-0.4, -0.2) is 29.8 Å². The van der Waals surface area contributed by atoms with E-state index in [1.807, 2.05) is 36.4 Å². The number of aromatic nitrogens is 1. The first-order valence-corrected chi connectivity index (χ1v) is 10.2. The molecule has 4 rings (SSSR count). The van der Waals surface area contributed by atoms with E-state index in [-0.39, 0.29) is 5.91 Å². The molecule has 30 heavy (non-hydrogen) atoms. The molecule has 152 valence electrons. The van der Waals surface area contributed by atoms with Crippen molar-refractivity contribution < 1.29 is 14.3 Å². The van der Waals surface area contributed by atoms with Gasteiger partial charge in [-0.15, -0.1) is 0 Å². The number of carbonyl (C=O) groups excluding carboxylic acids is 2. The number of aldehydes is 1. The fourth-order valence-corrected chi connectivity index (χ4v) is 3.72. The maximum Gasteiger partial charge on any atom is 0.254 e. The molecule has 1 atom stereocenters. The van der Waals surface area contributed by atoms with Crippen molar-refractivity contribution in [3.63, 3.8) is 0 Å². The Morgan fingerprint density at radius 3 is 2.77 bits per heavy atom. The first-order chi connectivity index (χ1) is 14.7. The molecule has 2 aromatic carbocycles. The van der Waals surface area contributed by atoms with Crippen molar-refractivity contribution in [3.05, 3.63) is 83.6 Å². The summed E-state index contributed by atoms with van der Waals surface area (Å²) in [4.78, 5) is 29.1. The SMILES string of the molecule is O=C[C@@H]1Cc2cccc(c2)CCCCOc2cccc(c2)-c2ncccc2C(=O)N1. The molecule has 4 bridgehead atoms. The maximum absolute atomic E-state index is 13.0. The van der Waals surface area contributed by atoms with Crippen molar-refractivity contribution in [2.75, 3.05) is 6.61 Å². The minimum Gasteiger partial charge on any atom is -0.494 e. The standard InChI is InChI=1S/C25H24N2O3/c28-17-21-15-19-8-3-7-18(14-19)6-1-2-13-30-22-10-4-9-20(16-22)24-23(25(29)27-21)11-5-12-26-24/h3-5,7-12,14,16-17,21H,1-2,6,13,15H2,(H,27,29)/t21-/m0/s1. The summed E-state index contributed by atoms with van der Waals surface area (Å²) in [6, 6.07) is 18.7. The van der Waals surface area contributed by atoms with Crippen LogP contribution in [0.4, 0.5) is 0 Å². The van der Waals surface area contributed by atoms with Gasteiger partial charge in [0.1, 0.15) is 12.0 Å². The Morgan fingerprint density at radius 1 is 1.00 bits per heavy atom. The molecule has 0 radical (unpaired) electrons. The number of ether oxygens (including phenoxy) is 1. The Balaban J connectivity index is 1.70. The van der Waals surface area contributed by atoms with Crippen molar-refractivity contribution in [2.24, 2.45) is 0 Å². The number of fused-ring (bicyclic) bond motifs is 6. The van der Waals surface area contributed by atoms with Crippen molar-refractivity contribution in [1.29, 1.82) is 0 Å². The first-order valence-electron chi connectivity index (χ1n) is 10.2. The summed E-state index contributed by atoms with van der Waals surface area (Å²) in [5.74, 6) is 0.434. The number of hydrogen-bond donors (Lipinski definition) is 1. The van der Waals surface area contributed by atoms with Crippen LogP contribution in [-0.2, 0) is 17.6 Å². The average molecular weight is 400 g/mol. The van der Waals surface area contributed by atoms with Gasteiger partial charge >= 0.3 is 0 Å². The van der Waals surface area contributed by atoms with Crippen LogP contribution in [0.1, 0.15) is 34.3 Å². The molecule has 5 heteroatoms. The zero-order chi connectivity index (χ0) is 20.8. The molecular weight excluding hydrogens is 376 g/mol. The van der Waals surface area contributed by atoms with Crippen LogP contribution in [0, 0.1) is 0 Å². The van der Waals surface area contributed by atoms with Crippen LogP contribution in [0.25, 0.3) is 11.3 Å². The van der Waals surface area contributed by atoms with Crippen LogP contribution < -0.4 is 10.1 Å². The van der Waals surface area contributed by atoms with Crippen molar-refractivity contribution in [2.45, 2.75) is 31.7 Å². The van der Waals surface area contributed by atoms with Gasteiger partial charge in [0.05, 0.1) is 23.9 Å². The van der Waals surface area contributed by atoms with Gasteiger partial charge in [0.2, 0.25) is 0 Å². The fraction of sp³-hybridized carbons (Fsp3) is 0.240. The van der Waals surface area contributed by atoms with E-state index in [4.69, 9.17) is 4.74 Å². The molecule has 2 heterocycles. The normalized spacial score (nSPS) is 17.1. The molecule has 1 aromatic heterocycles. The number of amides is 1.